The first kappa shape index (κ1) is 16.2. The molecule has 0 aliphatic carbocycles. The summed E-state index contributed by atoms with van der Waals surface area (Å²) in [6.07, 6.45) is 0.332. The van der Waals surface area contributed by atoms with E-state index in [2.05, 4.69) is 5.32 Å². The molecule has 0 aliphatic rings. The van der Waals surface area contributed by atoms with Gasteiger partial charge in [-0.15, -0.1) is 0 Å². The van der Waals surface area contributed by atoms with Gasteiger partial charge in [0, 0.05) is 6.54 Å². The fraction of sp³-hybridized carbons (Fsp3) is 0.385. The van der Waals surface area contributed by atoms with Crippen LogP contribution in [0.3, 0.4) is 0 Å². The minimum absolute atomic E-state index is 0.0808. The van der Waals surface area contributed by atoms with Crippen molar-refractivity contribution in [2.75, 3.05) is 13.2 Å². The Labute approximate surface area is 120 Å². The van der Waals surface area contributed by atoms with Crippen LogP contribution in [0.4, 0.5) is 4.39 Å². The second kappa shape index (κ2) is 7.69. The van der Waals surface area contributed by atoms with E-state index in [-0.39, 0.29) is 23.9 Å². The van der Waals surface area contributed by atoms with Crippen LogP contribution in [-0.2, 0) is 9.59 Å². The molecule has 1 atom stereocenters. The third-order valence-corrected chi connectivity index (χ3v) is 2.87. The summed E-state index contributed by atoms with van der Waals surface area (Å²) in [7, 11) is 0. The van der Waals surface area contributed by atoms with E-state index < -0.39 is 23.6 Å². The molecule has 0 saturated heterocycles. The lowest BCUT2D eigenvalue weighted by atomic mass is 10.1. The summed E-state index contributed by atoms with van der Waals surface area (Å²) in [5.41, 5.74) is 0. The first-order valence-corrected chi connectivity index (χ1v) is 6.35. The highest BCUT2D eigenvalue weighted by atomic mass is 35.5. The maximum Gasteiger partial charge on any atom is 0.306 e. The van der Waals surface area contributed by atoms with Crippen LogP contribution in [-0.4, -0.2) is 30.1 Å². The number of carbonyl (C=O) groups excluding carboxylic acids is 1. The van der Waals surface area contributed by atoms with Crippen molar-refractivity contribution >= 4 is 23.5 Å². The predicted octanol–water partition coefficient (Wildman–Crippen LogP) is 2.08. The Kier molecular flexibility index (Phi) is 6.24. The van der Waals surface area contributed by atoms with Crippen LogP contribution in [0.25, 0.3) is 0 Å². The van der Waals surface area contributed by atoms with E-state index in [0.29, 0.717) is 6.42 Å². The Morgan fingerprint density at radius 2 is 2.20 bits per heavy atom. The van der Waals surface area contributed by atoms with E-state index in [9.17, 15) is 14.0 Å². The van der Waals surface area contributed by atoms with Crippen molar-refractivity contribution < 1.29 is 23.8 Å². The van der Waals surface area contributed by atoms with Crippen LogP contribution in [0.1, 0.15) is 13.3 Å². The Morgan fingerprint density at radius 1 is 1.50 bits per heavy atom. The molecule has 1 rings (SSSR count). The molecule has 1 amide bonds. The molecule has 110 valence electrons. The van der Waals surface area contributed by atoms with Crippen molar-refractivity contribution in [1.29, 1.82) is 0 Å². The summed E-state index contributed by atoms with van der Waals surface area (Å²) >= 11 is 5.73. The Hall–Kier alpha value is -1.82. The van der Waals surface area contributed by atoms with Crippen LogP contribution in [0.2, 0.25) is 5.02 Å². The lowest BCUT2D eigenvalue weighted by molar-refractivity contribution is -0.141. The zero-order valence-electron chi connectivity index (χ0n) is 10.9. The molecular weight excluding hydrogens is 289 g/mol. The third kappa shape index (κ3) is 5.44. The first-order valence-electron chi connectivity index (χ1n) is 5.97. The molecule has 1 unspecified atom stereocenters. The van der Waals surface area contributed by atoms with Crippen LogP contribution in [0.15, 0.2) is 18.2 Å². The first-order chi connectivity index (χ1) is 9.40. The molecule has 0 aromatic heterocycles. The zero-order valence-corrected chi connectivity index (χ0v) is 11.6. The number of carbonyl (C=O) groups is 2. The van der Waals surface area contributed by atoms with Gasteiger partial charge in [-0.1, -0.05) is 18.5 Å². The van der Waals surface area contributed by atoms with E-state index in [1.54, 1.807) is 6.92 Å². The Balaban J connectivity index is 2.31. The summed E-state index contributed by atoms with van der Waals surface area (Å²) in [5.74, 6) is -2.11. The third-order valence-electron chi connectivity index (χ3n) is 2.57. The van der Waals surface area contributed by atoms with Gasteiger partial charge in [-0.25, -0.2) is 4.39 Å². The van der Waals surface area contributed by atoms with Crippen LogP contribution in [0, 0.1) is 11.7 Å². The monoisotopic (exact) mass is 303 g/mol. The number of halogens is 2. The zero-order chi connectivity index (χ0) is 15.1. The van der Waals surface area contributed by atoms with Gasteiger partial charge in [0.2, 0.25) is 0 Å². The summed E-state index contributed by atoms with van der Waals surface area (Å²) in [6, 6.07) is 3.59. The molecule has 20 heavy (non-hydrogen) atoms. The normalized spacial score (nSPS) is 11.8. The number of nitrogens with one attached hydrogen (secondary N) is 1. The predicted molar refractivity (Wildman–Crippen MR) is 71.3 cm³/mol. The van der Waals surface area contributed by atoms with Gasteiger partial charge < -0.3 is 15.2 Å². The molecule has 7 heteroatoms. The van der Waals surface area contributed by atoms with Crippen LogP contribution in [0.5, 0.6) is 5.75 Å². The number of ether oxygens (including phenoxy) is 1. The van der Waals surface area contributed by atoms with Crippen molar-refractivity contribution in [3.63, 3.8) is 0 Å². The van der Waals surface area contributed by atoms with Gasteiger partial charge >= 0.3 is 5.97 Å². The van der Waals surface area contributed by atoms with E-state index in [4.69, 9.17) is 21.4 Å². The van der Waals surface area contributed by atoms with Crippen LogP contribution >= 0.6 is 11.6 Å². The number of hydrogen-bond acceptors (Lipinski definition) is 3. The largest absolute Gasteiger partial charge is 0.482 e. The fourth-order valence-electron chi connectivity index (χ4n) is 1.34. The highest BCUT2D eigenvalue weighted by Gasteiger charge is 2.11. The number of carboxylic acids is 1. The molecule has 5 nitrogen and oxygen atoms in total. The molecule has 0 fully saturated rings. The second-order valence-electron chi connectivity index (χ2n) is 4.24. The fourth-order valence-corrected chi connectivity index (χ4v) is 1.56. The lowest BCUT2D eigenvalue weighted by Gasteiger charge is -2.10. The lowest BCUT2D eigenvalue weighted by Crippen LogP contribution is -2.31. The summed E-state index contributed by atoms with van der Waals surface area (Å²) in [6.45, 7) is 1.53. The van der Waals surface area contributed by atoms with Crippen molar-refractivity contribution in [1.82, 2.24) is 5.32 Å². The van der Waals surface area contributed by atoms with Crippen molar-refractivity contribution in [3.8, 4) is 5.75 Å². The molecule has 0 aliphatic heterocycles. The maximum absolute atomic E-state index is 12.8. The molecule has 0 spiro atoms. The quantitative estimate of drug-likeness (QED) is 0.808. The average Bonchev–Trinajstić information content (AvgIpc) is 2.37. The Bertz CT molecular complexity index is 495. The smallest absolute Gasteiger partial charge is 0.306 e. The summed E-state index contributed by atoms with van der Waals surface area (Å²) in [5, 5.41) is 11.3. The molecule has 0 heterocycles. The SMILES string of the molecule is CC(CCNC(=O)COc1ccc(F)cc1Cl)C(=O)O. The molecule has 0 radical (unpaired) electrons. The van der Waals surface area contributed by atoms with Crippen molar-refractivity contribution in [2.24, 2.45) is 5.92 Å². The average molecular weight is 304 g/mol. The van der Waals surface area contributed by atoms with Gasteiger partial charge in [-0.3, -0.25) is 9.59 Å². The highest BCUT2D eigenvalue weighted by Crippen LogP contribution is 2.24. The minimum atomic E-state index is -0.909. The van der Waals surface area contributed by atoms with Gasteiger partial charge in [-0.05, 0) is 24.6 Å². The number of carboxylic acid groups (broad SMARTS) is 1. The molecule has 0 saturated carbocycles. The van der Waals surface area contributed by atoms with E-state index in [0.717, 1.165) is 6.07 Å². The van der Waals surface area contributed by atoms with Crippen LogP contribution < -0.4 is 10.1 Å². The molecule has 2 N–H and O–H groups in total. The van der Waals surface area contributed by atoms with Crippen molar-refractivity contribution in [3.05, 3.63) is 29.0 Å². The van der Waals surface area contributed by atoms with Gasteiger partial charge in [0.25, 0.3) is 5.91 Å². The Morgan fingerprint density at radius 3 is 2.80 bits per heavy atom. The highest BCUT2D eigenvalue weighted by molar-refractivity contribution is 6.32. The second-order valence-corrected chi connectivity index (χ2v) is 4.65. The number of aliphatic carboxylic acids is 1. The van der Waals surface area contributed by atoms with Gasteiger partial charge in [0.05, 0.1) is 10.9 Å². The topological polar surface area (TPSA) is 75.6 Å². The number of benzene rings is 1. The summed E-state index contributed by atoms with van der Waals surface area (Å²) < 4.78 is 17.9. The van der Waals surface area contributed by atoms with Gasteiger partial charge in [0.1, 0.15) is 11.6 Å². The molecule has 1 aromatic rings. The van der Waals surface area contributed by atoms with Gasteiger partial charge in [-0.2, -0.15) is 0 Å². The standard InChI is InChI=1S/C13H15ClFNO4/c1-8(13(18)19)4-5-16-12(17)7-20-11-3-2-9(15)6-10(11)14/h2-3,6,8H,4-5,7H2,1H3,(H,16,17)(H,18,19). The van der Waals surface area contributed by atoms with E-state index in [1.165, 1.54) is 12.1 Å². The minimum Gasteiger partial charge on any atom is -0.482 e. The number of rotatable bonds is 7. The van der Waals surface area contributed by atoms with E-state index in [1.807, 2.05) is 0 Å². The van der Waals surface area contributed by atoms with Crippen molar-refractivity contribution in [2.45, 2.75) is 13.3 Å². The summed E-state index contributed by atoms with van der Waals surface area (Å²) in [4.78, 5) is 22.0. The maximum atomic E-state index is 12.8. The van der Waals surface area contributed by atoms with E-state index >= 15 is 0 Å². The number of amides is 1. The van der Waals surface area contributed by atoms with Gasteiger partial charge in [0.15, 0.2) is 6.61 Å². The molecular formula is C13H15ClFNO4. The molecule has 1 aromatic carbocycles. The molecule has 0 bridgehead atoms. The number of hydrogen-bond donors (Lipinski definition) is 2.